The Labute approximate surface area is 193 Å². The lowest BCUT2D eigenvalue weighted by Gasteiger charge is -2.46. The number of hydrogen-bond donors (Lipinski definition) is 0. The van der Waals surface area contributed by atoms with E-state index >= 15 is 0 Å². The largest absolute Gasteiger partial charge is 0.326 e. The number of hydrogen-bond acceptors (Lipinski definition) is 2. The normalized spacial score (nSPS) is 22.4. The van der Waals surface area contributed by atoms with Crippen LogP contribution in [0.15, 0.2) is 72.9 Å². The number of pyridine rings is 1. The first-order valence-corrected chi connectivity index (χ1v) is 11.6. The molecular weight excluding hydrogens is 427 g/mol. The van der Waals surface area contributed by atoms with E-state index in [1.165, 1.54) is 5.56 Å². The summed E-state index contributed by atoms with van der Waals surface area (Å²) < 4.78 is 0. The molecule has 5 rings (SSSR count). The molecule has 2 aromatic carbocycles. The van der Waals surface area contributed by atoms with Crippen LogP contribution in [0.3, 0.4) is 0 Å². The predicted octanol–water partition coefficient (Wildman–Crippen LogP) is 6.99. The van der Waals surface area contributed by atoms with Crippen molar-refractivity contribution < 1.29 is 4.79 Å². The van der Waals surface area contributed by atoms with Gasteiger partial charge < -0.3 is 4.90 Å². The van der Waals surface area contributed by atoms with Crippen LogP contribution in [0, 0.1) is 5.92 Å². The molecule has 1 amide bonds. The van der Waals surface area contributed by atoms with Crippen LogP contribution in [0.2, 0.25) is 10.0 Å². The van der Waals surface area contributed by atoms with Gasteiger partial charge in [-0.05, 0) is 72.7 Å². The zero-order chi connectivity index (χ0) is 21.4. The summed E-state index contributed by atoms with van der Waals surface area (Å²) in [4.78, 5) is 20.3. The number of rotatable bonds is 5. The molecule has 3 aromatic rings. The van der Waals surface area contributed by atoms with Gasteiger partial charge in [0, 0.05) is 28.6 Å². The third-order valence-corrected chi connectivity index (χ3v) is 6.97. The summed E-state index contributed by atoms with van der Waals surface area (Å²) in [5.74, 6) is 0.801. The smallest absolute Gasteiger partial charge is 0.223 e. The van der Waals surface area contributed by atoms with Crippen molar-refractivity contribution in [3.05, 3.63) is 99.8 Å². The van der Waals surface area contributed by atoms with E-state index in [2.05, 4.69) is 34.1 Å². The van der Waals surface area contributed by atoms with Gasteiger partial charge in [0.25, 0.3) is 0 Å². The van der Waals surface area contributed by atoms with Crippen LogP contribution < -0.4 is 0 Å². The molecule has 1 aliphatic heterocycles. The fourth-order valence-electron chi connectivity index (χ4n) is 4.96. The molecule has 0 bridgehead atoms. The third-order valence-electron chi connectivity index (χ3n) is 6.49. The van der Waals surface area contributed by atoms with Gasteiger partial charge in [0.2, 0.25) is 5.91 Å². The van der Waals surface area contributed by atoms with E-state index in [9.17, 15) is 4.79 Å². The number of likely N-dealkylation sites (tertiary alicyclic amines) is 1. The first-order chi connectivity index (χ1) is 15.1. The van der Waals surface area contributed by atoms with Crippen molar-refractivity contribution in [3.63, 3.8) is 0 Å². The average Bonchev–Trinajstić information content (AvgIpc) is 3.62. The molecule has 5 heteroatoms. The summed E-state index contributed by atoms with van der Waals surface area (Å²) in [6.07, 6.45) is 5.39. The topological polar surface area (TPSA) is 33.2 Å². The van der Waals surface area contributed by atoms with Crippen LogP contribution in [-0.4, -0.2) is 15.8 Å². The van der Waals surface area contributed by atoms with E-state index in [4.69, 9.17) is 23.2 Å². The molecule has 2 aliphatic rings. The SMILES string of the molecule is O=C1CCC(c2cccc(Cl)c2)C(c2ccc(Cl)cc2)N1C(c1ccccn1)C1CC1. The summed E-state index contributed by atoms with van der Waals surface area (Å²) in [5.41, 5.74) is 3.24. The van der Waals surface area contributed by atoms with E-state index in [-0.39, 0.29) is 23.9 Å². The Morgan fingerprint density at radius 2 is 1.68 bits per heavy atom. The Balaban J connectivity index is 1.64. The Morgan fingerprint density at radius 3 is 2.35 bits per heavy atom. The molecule has 1 saturated carbocycles. The van der Waals surface area contributed by atoms with Crippen LogP contribution in [0.25, 0.3) is 0 Å². The Kier molecular flexibility index (Phi) is 5.73. The van der Waals surface area contributed by atoms with Crippen molar-refractivity contribution in [1.29, 1.82) is 0 Å². The van der Waals surface area contributed by atoms with Crippen LogP contribution in [0.1, 0.15) is 60.5 Å². The van der Waals surface area contributed by atoms with E-state index in [0.29, 0.717) is 17.4 Å². The quantitative estimate of drug-likeness (QED) is 0.419. The zero-order valence-electron chi connectivity index (χ0n) is 17.1. The number of piperidine rings is 1. The fraction of sp³-hybridized carbons (Fsp3) is 0.308. The standard InChI is InChI=1S/C26H24Cl2N2O/c27-20-11-9-17(10-12-20)25-22(19-4-3-5-21(28)16-19)13-14-24(31)30(25)26(18-7-8-18)23-6-1-2-15-29-23/h1-6,9-12,15-16,18,22,25-26H,7-8,13-14H2. The molecule has 158 valence electrons. The minimum absolute atomic E-state index is 0.0173. The number of carbonyl (C=O) groups excluding carboxylic acids is 1. The summed E-state index contributed by atoms with van der Waals surface area (Å²) in [6, 6.07) is 21.9. The van der Waals surface area contributed by atoms with Gasteiger partial charge in [0.1, 0.15) is 0 Å². The van der Waals surface area contributed by atoms with Crippen LogP contribution in [0.5, 0.6) is 0 Å². The highest BCUT2D eigenvalue weighted by Gasteiger charge is 2.47. The van der Waals surface area contributed by atoms with Gasteiger partial charge in [0.15, 0.2) is 0 Å². The van der Waals surface area contributed by atoms with Gasteiger partial charge in [0.05, 0.1) is 17.8 Å². The highest BCUT2D eigenvalue weighted by atomic mass is 35.5. The van der Waals surface area contributed by atoms with Gasteiger partial charge in [-0.25, -0.2) is 0 Å². The lowest BCUT2D eigenvalue weighted by Crippen LogP contribution is -2.45. The van der Waals surface area contributed by atoms with Gasteiger partial charge in [-0.3, -0.25) is 9.78 Å². The second-order valence-electron chi connectivity index (χ2n) is 8.53. The zero-order valence-corrected chi connectivity index (χ0v) is 18.6. The molecule has 0 N–H and O–H groups in total. The molecular formula is C26H24Cl2N2O. The highest BCUT2D eigenvalue weighted by molar-refractivity contribution is 6.30. The molecule has 1 aromatic heterocycles. The summed E-state index contributed by atoms with van der Waals surface area (Å²) in [7, 11) is 0. The number of benzene rings is 2. The van der Waals surface area contributed by atoms with E-state index in [1.807, 2.05) is 48.7 Å². The lowest BCUT2D eigenvalue weighted by molar-refractivity contribution is -0.142. The van der Waals surface area contributed by atoms with Crippen molar-refractivity contribution in [2.24, 2.45) is 5.92 Å². The molecule has 2 fully saturated rings. The second kappa shape index (κ2) is 8.64. The van der Waals surface area contributed by atoms with Crippen molar-refractivity contribution in [2.75, 3.05) is 0 Å². The average molecular weight is 451 g/mol. The lowest BCUT2D eigenvalue weighted by atomic mass is 9.78. The van der Waals surface area contributed by atoms with Crippen LogP contribution in [0.4, 0.5) is 0 Å². The van der Waals surface area contributed by atoms with Crippen molar-refractivity contribution in [1.82, 2.24) is 9.88 Å². The summed E-state index contributed by atoms with van der Waals surface area (Å²) in [5, 5.41) is 1.42. The molecule has 0 radical (unpaired) electrons. The molecule has 31 heavy (non-hydrogen) atoms. The van der Waals surface area contributed by atoms with Gasteiger partial charge in [-0.1, -0.05) is 53.5 Å². The van der Waals surface area contributed by atoms with E-state index in [1.54, 1.807) is 0 Å². The number of halogens is 2. The van der Waals surface area contributed by atoms with E-state index in [0.717, 1.165) is 35.5 Å². The van der Waals surface area contributed by atoms with Crippen LogP contribution in [-0.2, 0) is 4.79 Å². The number of nitrogens with zero attached hydrogens (tertiary/aromatic N) is 2. The number of aromatic nitrogens is 1. The second-order valence-corrected chi connectivity index (χ2v) is 9.41. The van der Waals surface area contributed by atoms with Gasteiger partial charge >= 0.3 is 0 Å². The van der Waals surface area contributed by atoms with Gasteiger partial charge in [-0.15, -0.1) is 0 Å². The summed E-state index contributed by atoms with van der Waals surface area (Å²) >= 11 is 12.6. The fourth-order valence-corrected chi connectivity index (χ4v) is 5.28. The maximum atomic E-state index is 13.5. The molecule has 3 unspecified atom stereocenters. The Morgan fingerprint density at radius 1 is 0.871 bits per heavy atom. The molecule has 0 spiro atoms. The number of amides is 1. The first kappa shape index (κ1) is 20.5. The van der Waals surface area contributed by atoms with Crippen molar-refractivity contribution in [2.45, 2.75) is 43.7 Å². The highest BCUT2D eigenvalue weighted by Crippen LogP contribution is 2.52. The summed E-state index contributed by atoms with van der Waals surface area (Å²) in [6.45, 7) is 0. The van der Waals surface area contributed by atoms with E-state index < -0.39 is 0 Å². The maximum absolute atomic E-state index is 13.5. The van der Waals surface area contributed by atoms with Gasteiger partial charge in [-0.2, -0.15) is 0 Å². The molecule has 2 heterocycles. The van der Waals surface area contributed by atoms with Crippen LogP contribution >= 0.6 is 23.2 Å². The monoisotopic (exact) mass is 450 g/mol. The third kappa shape index (κ3) is 4.22. The minimum atomic E-state index is -0.0930. The maximum Gasteiger partial charge on any atom is 0.223 e. The molecule has 3 nitrogen and oxygen atoms in total. The van der Waals surface area contributed by atoms with Crippen molar-refractivity contribution >= 4 is 29.1 Å². The minimum Gasteiger partial charge on any atom is -0.326 e. The Hall–Kier alpha value is -2.36. The predicted molar refractivity (Wildman–Crippen MR) is 124 cm³/mol. The molecule has 1 saturated heterocycles. The molecule has 3 atom stereocenters. The molecule has 1 aliphatic carbocycles. The van der Waals surface area contributed by atoms with Crippen molar-refractivity contribution in [3.8, 4) is 0 Å². The first-order valence-electron chi connectivity index (χ1n) is 10.8. The Bertz CT molecular complexity index is 1070. The number of carbonyl (C=O) groups is 1.